The van der Waals surface area contributed by atoms with Crippen LogP contribution in [-0.2, 0) is 20.8 Å². The fraction of sp³-hybridized carbons (Fsp3) is 0.591. The standard InChI is InChI=1S/C20H25N3O4.C2H6/c24-18-4-3-17(20(27)21-18)23-10-7-15-11-14(1-2-16(15)23)13-5-8-22(9-6-13)12-19(25)26;1-2/h1-2,11,13,17H,3-10,12H2,(H,25,26)(H,21,24,27);1-2H3. The van der Waals surface area contributed by atoms with Crippen LogP contribution in [0, 0.1) is 0 Å². The molecule has 7 heteroatoms. The summed E-state index contributed by atoms with van der Waals surface area (Å²) in [6.45, 7) is 6.56. The first-order valence-electron chi connectivity index (χ1n) is 10.7. The molecule has 0 spiro atoms. The number of nitrogens with one attached hydrogen (secondary N) is 1. The fourth-order valence-electron chi connectivity index (χ4n) is 4.62. The molecule has 2 amide bonds. The van der Waals surface area contributed by atoms with Crippen LogP contribution >= 0.6 is 0 Å². The van der Waals surface area contributed by atoms with E-state index >= 15 is 0 Å². The van der Waals surface area contributed by atoms with Gasteiger partial charge in [0.15, 0.2) is 0 Å². The van der Waals surface area contributed by atoms with Crippen molar-refractivity contribution < 1.29 is 19.5 Å². The predicted octanol–water partition coefficient (Wildman–Crippen LogP) is 2.14. The molecule has 0 aromatic heterocycles. The van der Waals surface area contributed by atoms with Crippen molar-refractivity contribution >= 4 is 23.5 Å². The highest BCUT2D eigenvalue weighted by Gasteiger charge is 2.35. The van der Waals surface area contributed by atoms with E-state index in [1.807, 2.05) is 18.7 Å². The predicted molar refractivity (Wildman–Crippen MR) is 111 cm³/mol. The van der Waals surface area contributed by atoms with Crippen LogP contribution in [-0.4, -0.2) is 60.0 Å². The van der Waals surface area contributed by atoms with Crippen LogP contribution in [0.25, 0.3) is 0 Å². The molecular formula is C22H31N3O4. The van der Waals surface area contributed by atoms with E-state index in [-0.39, 0.29) is 24.4 Å². The van der Waals surface area contributed by atoms with E-state index in [4.69, 9.17) is 5.11 Å². The Morgan fingerprint density at radius 3 is 2.48 bits per heavy atom. The summed E-state index contributed by atoms with van der Waals surface area (Å²) in [4.78, 5) is 38.6. The third-order valence-electron chi connectivity index (χ3n) is 6.04. The summed E-state index contributed by atoms with van der Waals surface area (Å²) in [5.74, 6) is -0.668. The Bertz CT molecular complexity index is 771. The second-order valence-corrected chi connectivity index (χ2v) is 7.74. The summed E-state index contributed by atoms with van der Waals surface area (Å²) >= 11 is 0. The van der Waals surface area contributed by atoms with Gasteiger partial charge in [-0.1, -0.05) is 26.0 Å². The van der Waals surface area contributed by atoms with E-state index in [0.717, 1.165) is 44.6 Å². The topological polar surface area (TPSA) is 89.9 Å². The fourth-order valence-corrected chi connectivity index (χ4v) is 4.62. The number of anilines is 1. The summed E-state index contributed by atoms with van der Waals surface area (Å²) in [5, 5.41) is 11.4. The molecule has 0 radical (unpaired) electrons. The molecule has 158 valence electrons. The van der Waals surface area contributed by atoms with Crippen molar-refractivity contribution in [3.8, 4) is 0 Å². The molecule has 7 nitrogen and oxygen atoms in total. The number of fused-ring (bicyclic) bond motifs is 1. The largest absolute Gasteiger partial charge is 0.480 e. The van der Waals surface area contributed by atoms with Gasteiger partial charge in [0, 0.05) is 18.7 Å². The highest BCUT2D eigenvalue weighted by atomic mass is 16.4. The van der Waals surface area contributed by atoms with E-state index < -0.39 is 5.97 Å². The first kappa shape index (κ1) is 21.3. The molecule has 1 unspecified atom stereocenters. The van der Waals surface area contributed by atoms with Crippen molar-refractivity contribution in [1.82, 2.24) is 10.2 Å². The number of amides is 2. The number of hydrogen-bond donors (Lipinski definition) is 2. The molecule has 1 aromatic carbocycles. The maximum atomic E-state index is 12.2. The summed E-state index contributed by atoms with van der Waals surface area (Å²) in [6.07, 6.45) is 3.84. The molecule has 0 saturated carbocycles. The molecule has 0 aliphatic carbocycles. The Hall–Kier alpha value is -2.41. The second-order valence-electron chi connectivity index (χ2n) is 7.74. The smallest absolute Gasteiger partial charge is 0.317 e. The van der Waals surface area contributed by atoms with Crippen LogP contribution in [0.2, 0.25) is 0 Å². The third kappa shape index (κ3) is 4.78. The summed E-state index contributed by atoms with van der Waals surface area (Å²) < 4.78 is 0. The number of piperidine rings is 2. The Labute approximate surface area is 172 Å². The van der Waals surface area contributed by atoms with Gasteiger partial charge in [-0.15, -0.1) is 0 Å². The van der Waals surface area contributed by atoms with Gasteiger partial charge < -0.3 is 10.0 Å². The first-order chi connectivity index (χ1) is 14.0. The van der Waals surface area contributed by atoms with Gasteiger partial charge >= 0.3 is 5.97 Å². The number of nitrogens with zero attached hydrogens (tertiary/aromatic N) is 2. The molecular weight excluding hydrogens is 370 g/mol. The first-order valence-corrected chi connectivity index (χ1v) is 10.7. The molecule has 29 heavy (non-hydrogen) atoms. The molecule has 2 saturated heterocycles. The second kappa shape index (κ2) is 9.39. The quantitative estimate of drug-likeness (QED) is 0.752. The Morgan fingerprint density at radius 2 is 1.83 bits per heavy atom. The van der Waals surface area contributed by atoms with Crippen molar-refractivity contribution in [1.29, 1.82) is 0 Å². The number of likely N-dealkylation sites (tertiary alicyclic amines) is 1. The minimum absolute atomic E-state index is 0.123. The SMILES string of the molecule is CC.O=C(O)CN1CCC(c2ccc3c(c2)CCN3C2CCC(=O)NC2=O)CC1. The lowest BCUT2D eigenvalue weighted by atomic mass is 9.88. The normalized spacial score (nSPS) is 22.6. The summed E-state index contributed by atoms with van der Waals surface area (Å²) in [5.41, 5.74) is 3.69. The Balaban J connectivity index is 0.00000117. The van der Waals surface area contributed by atoms with Crippen LogP contribution in [0.4, 0.5) is 5.69 Å². The van der Waals surface area contributed by atoms with Crippen molar-refractivity contribution in [2.45, 2.75) is 57.9 Å². The van der Waals surface area contributed by atoms with E-state index in [2.05, 4.69) is 28.4 Å². The van der Waals surface area contributed by atoms with Gasteiger partial charge in [-0.3, -0.25) is 24.6 Å². The van der Waals surface area contributed by atoms with Crippen LogP contribution in [0.1, 0.15) is 56.6 Å². The van der Waals surface area contributed by atoms with Crippen molar-refractivity contribution in [2.24, 2.45) is 0 Å². The van der Waals surface area contributed by atoms with E-state index in [1.165, 1.54) is 11.1 Å². The highest BCUT2D eigenvalue weighted by Crippen LogP contribution is 2.36. The minimum Gasteiger partial charge on any atom is -0.480 e. The van der Waals surface area contributed by atoms with Crippen LogP contribution < -0.4 is 10.2 Å². The lowest BCUT2D eigenvalue weighted by Crippen LogP contribution is -2.52. The Morgan fingerprint density at radius 1 is 1.10 bits per heavy atom. The highest BCUT2D eigenvalue weighted by molar-refractivity contribution is 6.01. The summed E-state index contributed by atoms with van der Waals surface area (Å²) in [6, 6.07) is 6.28. The molecule has 3 heterocycles. The van der Waals surface area contributed by atoms with E-state index in [0.29, 0.717) is 18.8 Å². The number of carboxylic acids is 1. The van der Waals surface area contributed by atoms with E-state index in [9.17, 15) is 14.4 Å². The molecule has 2 fully saturated rings. The Kier molecular flexibility index (Phi) is 6.90. The molecule has 0 bridgehead atoms. The lowest BCUT2D eigenvalue weighted by molar-refractivity contribution is -0.138. The molecule has 1 aromatic rings. The summed E-state index contributed by atoms with van der Waals surface area (Å²) in [7, 11) is 0. The maximum absolute atomic E-state index is 12.2. The van der Waals surface area contributed by atoms with Gasteiger partial charge in [0.25, 0.3) is 0 Å². The number of carboxylic acid groups (broad SMARTS) is 1. The zero-order valence-electron chi connectivity index (χ0n) is 17.3. The van der Waals surface area contributed by atoms with Gasteiger partial charge in [-0.2, -0.15) is 0 Å². The molecule has 2 N–H and O–H groups in total. The number of imide groups is 1. The average Bonchev–Trinajstić information content (AvgIpc) is 3.13. The number of aliphatic carboxylic acids is 1. The molecule has 4 rings (SSSR count). The van der Waals surface area contributed by atoms with Gasteiger partial charge in [-0.25, -0.2) is 0 Å². The molecule has 1 atom stereocenters. The monoisotopic (exact) mass is 401 g/mol. The number of carbonyl (C=O) groups is 3. The maximum Gasteiger partial charge on any atom is 0.317 e. The van der Waals surface area contributed by atoms with Crippen molar-refractivity contribution in [3.05, 3.63) is 29.3 Å². The van der Waals surface area contributed by atoms with Gasteiger partial charge in [0.1, 0.15) is 6.04 Å². The number of benzene rings is 1. The number of rotatable bonds is 4. The lowest BCUT2D eigenvalue weighted by Gasteiger charge is -2.32. The van der Waals surface area contributed by atoms with Gasteiger partial charge in [-0.05, 0) is 61.9 Å². The van der Waals surface area contributed by atoms with Gasteiger partial charge in [0.2, 0.25) is 11.8 Å². The van der Waals surface area contributed by atoms with Crippen molar-refractivity contribution in [2.75, 3.05) is 31.1 Å². The van der Waals surface area contributed by atoms with Crippen LogP contribution in [0.3, 0.4) is 0 Å². The minimum atomic E-state index is -0.764. The van der Waals surface area contributed by atoms with Crippen LogP contribution in [0.5, 0.6) is 0 Å². The number of carbonyl (C=O) groups excluding carboxylic acids is 2. The van der Waals surface area contributed by atoms with E-state index in [1.54, 1.807) is 0 Å². The molecule has 3 aliphatic rings. The van der Waals surface area contributed by atoms with Crippen LogP contribution in [0.15, 0.2) is 18.2 Å². The molecule has 3 aliphatic heterocycles. The van der Waals surface area contributed by atoms with Gasteiger partial charge in [0.05, 0.1) is 6.54 Å². The zero-order valence-corrected chi connectivity index (χ0v) is 17.3. The average molecular weight is 402 g/mol. The number of hydrogen-bond acceptors (Lipinski definition) is 5. The third-order valence-corrected chi connectivity index (χ3v) is 6.04. The zero-order chi connectivity index (χ0) is 21.0. The van der Waals surface area contributed by atoms with Crippen molar-refractivity contribution in [3.63, 3.8) is 0 Å².